The SMILES string of the molecule is COc1cc(OC)cc(C(=O)NC(C)CCCc2ccccc2)c1. The molecule has 0 aliphatic rings. The summed E-state index contributed by atoms with van der Waals surface area (Å²) in [6, 6.07) is 15.7. The maximum atomic E-state index is 12.4. The van der Waals surface area contributed by atoms with E-state index in [0.29, 0.717) is 17.1 Å². The molecule has 0 aromatic heterocycles. The van der Waals surface area contributed by atoms with E-state index in [2.05, 4.69) is 29.6 Å². The number of carbonyl (C=O) groups is 1. The molecular weight excluding hydrogens is 302 g/mol. The van der Waals surface area contributed by atoms with Gasteiger partial charge < -0.3 is 14.8 Å². The smallest absolute Gasteiger partial charge is 0.251 e. The third kappa shape index (κ3) is 5.30. The molecule has 0 saturated heterocycles. The lowest BCUT2D eigenvalue weighted by Gasteiger charge is -2.15. The van der Waals surface area contributed by atoms with Crippen LogP contribution in [0, 0.1) is 0 Å². The summed E-state index contributed by atoms with van der Waals surface area (Å²) in [6.07, 6.45) is 2.99. The highest BCUT2D eigenvalue weighted by Gasteiger charge is 2.12. The van der Waals surface area contributed by atoms with Crippen molar-refractivity contribution in [3.8, 4) is 11.5 Å². The van der Waals surface area contributed by atoms with Crippen LogP contribution >= 0.6 is 0 Å². The van der Waals surface area contributed by atoms with Crippen molar-refractivity contribution in [3.05, 3.63) is 59.7 Å². The Morgan fingerprint density at radius 3 is 2.25 bits per heavy atom. The standard InChI is InChI=1S/C20H25NO3/c1-15(8-7-11-16-9-5-4-6-10-16)21-20(22)17-12-18(23-2)14-19(13-17)24-3/h4-6,9-10,12-15H,7-8,11H2,1-3H3,(H,21,22). The first-order valence-corrected chi connectivity index (χ1v) is 8.20. The van der Waals surface area contributed by atoms with Crippen molar-refractivity contribution in [1.82, 2.24) is 5.32 Å². The number of amides is 1. The van der Waals surface area contributed by atoms with E-state index in [1.807, 2.05) is 13.0 Å². The molecule has 0 aliphatic heterocycles. The third-order valence-electron chi connectivity index (χ3n) is 3.94. The Hall–Kier alpha value is -2.49. The van der Waals surface area contributed by atoms with Crippen molar-refractivity contribution in [2.24, 2.45) is 0 Å². The molecule has 4 heteroatoms. The van der Waals surface area contributed by atoms with Crippen LogP contribution in [0.3, 0.4) is 0 Å². The largest absolute Gasteiger partial charge is 0.497 e. The molecule has 2 rings (SSSR count). The number of carbonyl (C=O) groups excluding carboxylic acids is 1. The van der Waals surface area contributed by atoms with Crippen molar-refractivity contribution in [2.75, 3.05) is 14.2 Å². The monoisotopic (exact) mass is 327 g/mol. The van der Waals surface area contributed by atoms with Gasteiger partial charge in [0.25, 0.3) is 5.91 Å². The predicted octanol–water partition coefficient (Wildman–Crippen LogP) is 3.85. The van der Waals surface area contributed by atoms with Gasteiger partial charge in [-0.15, -0.1) is 0 Å². The number of benzene rings is 2. The molecule has 0 heterocycles. The highest BCUT2D eigenvalue weighted by molar-refractivity contribution is 5.95. The molecule has 24 heavy (non-hydrogen) atoms. The van der Waals surface area contributed by atoms with E-state index in [1.165, 1.54) is 5.56 Å². The fourth-order valence-corrected chi connectivity index (χ4v) is 2.57. The van der Waals surface area contributed by atoms with Crippen LogP contribution in [-0.4, -0.2) is 26.2 Å². The van der Waals surface area contributed by atoms with Gasteiger partial charge in [0.05, 0.1) is 14.2 Å². The predicted molar refractivity (Wildman–Crippen MR) is 95.9 cm³/mol. The summed E-state index contributed by atoms with van der Waals surface area (Å²) >= 11 is 0. The van der Waals surface area contributed by atoms with Gasteiger partial charge in [0.1, 0.15) is 11.5 Å². The Morgan fingerprint density at radius 2 is 1.67 bits per heavy atom. The summed E-state index contributed by atoms with van der Waals surface area (Å²) in [5, 5.41) is 3.04. The van der Waals surface area contributed by atoms with Crippen LogP contribution < -0.4 is 14.8 Å². The molecule has 128 valence electrons. The molecule has 4 nitrogen and oxygen atoms in total. The second-order valence-electron chi connectivity index (χ2n) is 5.85. The molecule has 0 spiro atoms. The maximum Gasteiger partial charge on any atom is 0.251 e. The molecule has 0 aliphatic carbocycles. The first kappa shape index (κ1) is 17.9. The second-order valence-corrected chi connectivity index (χ2v) is 5.85. The van der Waals surface area contributed by atoms with Crippen molar-refractivity contribution in [2.45, 2.75) is 32.2 Å². The highest BCUT2D eigenvalue weighted by Crippen LogP contribution is 2.22. The minimum Gasteiger partial charge on any atom is -0.497 e. The topological polar surface area (TPSA) is 47.6 Å². The molecule has 0 radical (unpaired) electrons. The second kappa shape index (κ2) is 8.96. The van der Waals surface area contributed by atoms with E-state index in [1.54, 1.807) is 32.4 Å². The molecule has 2 aromatic carbocycles. The average molecular weight is 327 g/mol. The number of hydrogen-bond donors (Lipinski definition) is 1. The van der Waals surface area contributed by atoms with Crippen LogP contribution in [0.25, 0.3) is 0 Å². The number of ether oxygens (including phenoxy) is 2. The molecule has 1 atom stereocenters. The lowest BCUT2D eigenvalue weighted by molar-refractivity contribution is 0.0937. The lowest BCUT2D eigenvalue weighted by atomic mass is 10.1. The van der Waals surface area contributed by atoms with Crippen LogP contribution in [-0.2, 0) is 6.42 Å². The van der Waals surface area contributed by atoms with Crippen LogP contribution in [0.4, 0.5) is 0 Å². The molecule has 0 saturated carbocycles. The van der Waals surface area contributed by atoms with Crippen molar-refractivity contribution >= 4 is 5.91 Å². The Balaban J connectivity index is 1.87. The van der Waals surface area contributed by atoms with E-state index in [-0.39, 0.29) is 11.9 Å². The quantitative estimate of drug-likeness (QED) is 0.801. The van der Waals surface area contributed by atoms with Crippen molar-refractivity contribution in [1.29, 1.82) is 0 Å². The van der Waals surface area contributed by atoms with Crippen molar-refractivity contribution in [3.63, 3.8) is 0 Å². The zero-order valence-corrected chi connectivity index (χ0v) is 14.5. The molecule has 1 amide bonds. The third-order valence-corrected chi connectivity index (χ3v) is 3.94. The molecule has 1 unspecified atom stereocenters. The summed E-state index contributed by atoms with van der Waals surface area (Å²) in [4.78, 5) is 12.4. The molecular formula is C20H25NO3. The van der Waals surface area contributed by atoms with Gasteiger partial charge in [-0.3, -0.25) is 4.79 Å². The highest BCUT2D eigenvalue weighted by atomic mass is 16.5. The summed E-state index contributed by atoms with van der Waals surface area (Å²) in [7, 11) is 3.14. The Kier molecular flexibility index (Phi) is 6.67. The van der Waals surface area contributed by atoms with Gasteiger partial charge in [0.15, 0.2) is 0 Å². The molecule has 2 aromatic rings. The van der Waals surface area contributed by atoms with E-state index >= 15 is 0 Å². The number of aryl methyl sites for hydroxylation is 1. The molecule has 0 bridgehead atoms. The normalized spacial score (nSPS) is 11.6. The summed E-state index contributed by atoms with van der Waals surface area (Å²) in [5.74, 6) is 1.10. The Bertz CT molecular complexity index is 633. The Morgan fingerprint density at radius 1 is 1.04 bits per heavy atom. The summed E-state index contributed by atoms with van der Waals surface area (Å²) < 4.78 is 10.4. The minimum absolute atomic E-state index is 0.110. The average Bonchev–Trinajstić information content (AvgIpc) is 2.62. The van der Waals surface area contributed by atoms with Gasteiger partial charge in [0.2, 0.25) is 0 Å². The van der Waals surface area contributed by atoms with Gasteiger partial charge in [-0.1, -0.05) is 30.3 Å². The van der Waals surface area contributed by atoms with Gasteiger partial charge in [-0.2, -0.15) is 0 Å². The fourth-order valence-electron chi connectivity index (χ4n) is 2.57. The number of hydrogen-bond acceptors (Lipinski definition) is 3. The Labute approximate surface area is 143 Å². The van der Waals surface area contributed by atoms with E-state index in [4.69, 9.17) is 9.47 Å². The van der Waals surface area contributed by atoms with Gasteiger partial charge in [-0.25, -0.2) is 0 Å². The van der Waals surface area contributed by atoms with E-state index < -0.39 is 0 Å². The first-order chi connectivity index (χ1) is 11.6. The fraction of sp³-hybridized carbons (Fsp3) is 0.350. The lowest BCUT2D eigenvalue weighted by Crippen LogP contribution is -2.32. The number of rotatable bonds is 8. The zero-order chi connectivity index (χ0) is 17.4. The number of methoxy groups -OCH3 is 2. The van der Waals surface area contributed by atoms with Crippen LogP contribution in [0.1, 0.15) is 35.7 Å². The van der Waals surface area contributed by atoms with E-state index in [0.717, 1.165) is 19.3 Å². The van der Waals surface area contributed by atoms with Gasteiger partial charge in [0, 0.05) is 17.7 Å². The maximum absolute atomic E-state index is 12.4. The zero-order valence-electron chi connectivity index (χ0n) is 14.5. The van der Waals surface area contributed by atoms with Crippen LogP contribution in [0.5, 0.6) is 11.5 Å². The first-order valence-electron chi connectivity index (χ1n) is 8.20. The molecule has 0 fully saturated rings. The van der Waals surface area contributed by atoms with Crippen LogP contribution in [0.2, 0.25) is 0 Å². The van der Waals surface area contributed by atoms with E-state index in [9.17, 15) is 4.79 Å². The van der Waals surface area contributed by atoms with Crippen LogP contribution in [0.15, 0.2) is 48.5 Å². The minimum atomic E-state index is -0.112. The van der Waals surface area contributed by atoms with Gasteiger partial charge in [-0.05, 0) is 43.9 Å². The molecule has 1 N–H and O–H groups in total. The summed E-state index contributed by atoms with van der Waals surface area (Å²) in [5.41, 5.74) is 1.87. The number of nitrogens with one attached hydrogen (secondary N) is 1. The summed E-state index contributed by atoms with van der Waals surface area (Å²) in [6.45, 7) is 2.03. The van der Waals surface area contributed by atoms with Gasteiger partial charge >= 0.3 is 0 Å². The van der Waals surface area contributed by atoms with Crippen molar-refractivity contribution < 1.29 is 14.3 Å².